The molecule has 0 spiro atoms. The quantitative estimate of drug-likeness (QED) is 0.497. The van der Waals surface area contributed by atoms with Gasteiger partial charge in [-0.1, -0.05) is 23.7 Å². The van der Waals surface area contributed by atoms with Crippen molar-refractivity contribution in [3.05, 3.63) is 34.9 Å². The highest BCUT2D eigenvalue weighted by molar-refractivity contribution is 6.30. The first-order valence-corrected chi connectivity index (χ1v) is 7.25. The SMILES string of the molecule is CCNC(=NCCC(=O)OC)N(C)Cc1ccc(Cl)cc1. The van der Waals surface area contributed by atoms with Crippen molar-refractivity contribution >= 4 is 23.5 Å². The molecule has 0 bridgehead atoms. The molecule has 0 saturated heterocycles. The lowest BCUT2D eigenvalue weighted by atomic mass is 10.2. The van der Waals surface area contributed by atoms with Crippen LogP contribution in [0.15, 0.2) is 29.3 Å². The molecule has 6 heteroatoms. The molecule has 5 nitrogen and oxygen atoms in total. The van der Waals surface area contributed by atoms with E-state index in [1.807, 2.05) is 43.1 Å². The van der Waals surface area contributed by atoms with Gasteiger partial charge in [0.15, 0.2) is 5.96 Å². The van der Waals surface area contributed by atoms with Crippen molar-refractivity contribution in [3.63, 3.8) is 0 Å². The summed E-state index contributed by atoms with van der Waals surface area (Å²) in [4.78, 5) is 17.5. The fourth-order valence-electron chi connectivity index (χ4n) is 1.76. The molecule has 0 radical (unpaired) electrons. The van der Waals surface area contributed by atoms with Crippen LogP contribution in [0.3, 0.4) is 0 Å². The van der Waals surface area contributed by atoms with E-state index in [-0.39, 0.29) is 12.4 Å². The van der Waals surface area contributed by atoms with Crippen molar-refractivity contribution in [2.45, 2.75) is 19.9 Å². The van der Waals surface area contributed by atoms with Gasteiger partial charge in [-0.2, -0.15) is 0 Å². The maximum absolute atomic E-state index is 11.1. The summed E-state index contributed by atoms with van der Waals surface area (Å²) in [7, 11) is 3.33. The smallest absolute Gasteiger partial charge is 0.307 e. The summed E-state index contributed by atoms with van der Waals surface area (Å²) in [5.74, 6) is 0.506. The average molecular weight is 312 g/mol. The summed E-state index contributed by atoms with van der Waals surface area (Å²) in [5, 5.41) is 3.93. The van der Waals surface area contributed by atoms with Gasteiger partial charge >= 0.3 is 5.97 Å². The minimum absolute atomic E-state index is 0.255. The lowest BCUT2D eigenvalue weighted by Gasteiger charge is -2.22. The molecule has 0 amide bonds. The van der Waals surface area contributed by atoms with E-state index < -0.39 is 0 Å². The first kappa shape index (κ1) is 17.3. The summed E-state index contributed by atoms with van der Waals surface area (Å²) >= 11 is 5.88. The van der Waals surface area contributed by atoms with Gasteiger partial charge in [0.2, 0.25) is 0 Å². The van der Waals surface area contributed by atoms with Gasteiger partial charge in [-0.3, -0.25) is 9.79 Å². The molecule has 21 heavy (non-hydrogen) atoms. The van der Waals surface area contributed by atoms with Crippen LogP contribution in [0, 0.1) is 0 Å². The largest absolute Gasteiger partial charge is 0.469 e. The third-order valence-electron chi connectivity index (χ3n) is 2.83. The van der Waals surface area contributed by atoms with Crippen molar-refractivity contribution in [1.29, 1.82) is 0 Å². The lowest BCUT2D eigenvalue weighted by Crippen LogP contribution is -2.38. The second-order valence-corrected chi connectivity index (χ2v) is 4.98. The minimum Gasteiger partial charge on any atom is -0.469 e. The number of guanidine groups is 1. The molecular formula is C15H22ClN3O2. The van der Waals surface area contributed by atoms with Gasteiger partial charge in [0.1, 0.15) is 0 Å². The van der Waals surface area contributed by atoms with Gasteiger partial charge in [0.25, 0.3) is 0 Å². The van der Waals surface area contributed by atoms with Crippen molar-refractivity contribution in [2.24, 2.45) is 4.99 Å². The molecule has 0 saturated carbocycles. The highest BCUT2D eigenvalue weighted by Crippen LogP contribution is 2.11. The topological polar surface area (TPSA) is 53.9 Å². The van der Waals surface area contributed by atoms with E-state index in [9.17, 15) is 4.79 Å². The number of halogens is 1. The Kier molecular flexibility index (Phi) is 7.61. The number of aliphatic imine (C=N–C) groups is 1. The molecule has 0 aliphatic rings. The first-order valence-electron chi connectivity index (χ1n) is 6.87. The van der Waals surface area contributed by atoms with Crippen LogP contribution in [0.2, 0.25) is 5.02 Å². The third kappa shape index (κ3) is 6.49. The highest BCUT2D eigenvalue weighted by atomic mass is 35.5. The first-order chi connectivity index (χ1) is 10.1. The fourth-order valence-corrected chi connectivity index (χ4v) is 1.89. The number of carbonyl (C=O) groups excluding carboxylic acids is 1. The molecule has 0 unspecified atom stereocenters. The van der Waals surface area contributed by atoms with Crippen LogP contribution >= 0.6 is 11.6 Å². The molecule has 0 heterocycles. The van der Waals surface area contributed by atoms with E-state index in [1.54, 1.807) is 0 Å². The van der Waals surface area contributed by atoms with Gasteiger partial charge in [0, 0.05) is 25.2 Å². The summed E-state index contributed by atoms with van der Waals surface area (Å²) in [6.07, 6.45) is 0.278. The monoisotopic (exact) mass is 311 g/mol. The van der Waals surface area contributed by atoms with E-state index >= 15 is 0 Å². The van der Waals surface area contributed by atoms with Gasteiger partial charge in [-0.05, 0) is 24.6 Å². The van der Waals surface area contributed by atoms with Crippen LogP contribution in [-0.4, -0.2) is 44.1 Å². The van der Waals surface area contributed by atoms with Gasteiger partial charge in [-0.15, -0.1) is 0 Å². The summed E-state index contributed by atoms with van der Waals surface area (Å²) in [6, 6.07) is 7.70. The Morgan fingerprint density at radius 3 is 2.62 bits per heavy atom. The molecule has 1 aromatic carbocycles. The van der Waals surface area contributed by atoms with Crippen molar-refractivity contribution in [3.8, 4) is 0 Å². The number of nitrogens with zero attached hydrogens (tertiary/aromatic N) is 2. The number of methoxy groups -OCH3 is 1. The normalized spacial score (nSPS) is 11.1. The number of hydrogen-bond donors (Lipinski definition) is 1. The highest BCUT2D eigenvalue weighted by Gasteiger charge is 2.07. The summed E-state index contributed by atoms with van der Waals surface area (Å²) < 4.78 is 4.60. The molecule has 0 aromatic heterocycles. The van der Waals surface area contributed by atoms with Crippen molar-refractivity contribution < 1.29 is 9.53 Å². The number of carbonyl (C=O) groups is 1. The van der Waals surface area contributed by atoms with Crippen molar-refractivity contribution in [1.82, 2.24) is 10.2 Å². The molecular weight excluding hydrogens is 290 g/mol. The van der Waals surface area contributed by atoms with Gasteiger partial charge in [-0.25, -0.2) is 0 Å². The average Bonchev–Trinajstić information content (AvgIpc) is 2.48. The Hall–Kier alpha value is -1.75. The van der Waals surface area contributed by atoms with E-state index in [4.69, 9.17) is 11.6 Å². The zero-order valence-electron chi connectivity index (χ0n) is 12.7. The van der Waals surface area contributed by atoms with Crippen LogP contribution in [0.4, 0.5) is 0 Å². The van der Waals surface area contributed by atoms with Crippen LogP contribution in [0.1, 0.15) is 18.9 Å². The van der Waals surface area contributed by atoms with E-state index in [1.165, 1.54) is 7.11 Å². The summed E-state index contributed by atoms with van der Waals surface area (Å²) in [6.45, 7) is 3.88. The molecule has 0 aliphatic carbocycles. The number of esters is 1. The molecule has 0 fully saturated rings. The van der Waals surface area contributed by atoms with E-state index in [2.05, 4.69) is 15.0 Å². The number of ether oxygens (including phenoxy) is 1. The minimum atomic E-state index is -0.255. The lowest BCUT2D eigenvalue weighted by molar-refractivity contribution is -0.140. The number of nitrogens with one attached hydrogen (secondary N) is 1. The number of benzene rings is 1. The van der Waals surface area contributed by atoms with Gasteiger partial charge < -0.3 is 15.0 Å². The predicted molar refractivity (Wildman–Crippen MR) is 85.5 cm³/mol. The fraction of sp³-hybridized carbons (Fsp3) is 0.467. The Morgan fingerprint density at radius 1 is 1.38 bits per heavy atom. The van der Waals surface area contributed by atoms with Crippen molar-refractivity contribution in [2.75, 3.05) is 27.2 Å². The second-order valence-electron chi connectivity index (χ2n) is 4.54. The molecule has 0 atom stereocenters. The Labute approximate surface area is 130 Å². The standard InChI is InChI=1S/C15H22ClN3O2/c1-4-17-15(18-10-9-14(20)21-3)19(2)11-12-5-7-13(16)8-6-12/h5-8H,4,9-11H2,1-3H3,(H,17,18). The Morgan fingerprint density at radius 2 is 2.05 bits per heavy atom. The number of hydrogen-bond acceptors (Lipinski definition) is 3. The zero-order valence-corrected chi connectivity index (χ0v) is 13.5. The molecule has 1 aromatic rings. The second kappa shape index (κ2) is 9.23. The molecule has 1 N–H and O–H groups in total. The predicted octanol–water partition coefficient (Wildman–Crippen LogP) is 2.30. The molecule has 1 rings (SSSR count). The maximum Gasteiger partial charge on any atom is 0.307 e. The van der Waals surface area contributed by atoms with Crippen LogP contribution in [0.5, 0.6) is 0 Å². The van der Waals surface area contributed by atoms with Gasteiger partial charge in [0.05, 0.1) is 20.1 Å². The van der Waals surface area contributed by atoms with Crippen LogP contribution in [0.25, 0.3) is 0 Å². The maximum atomic E-state index is 11.1. The number of rotatable bonds is 6. The van der Waals surface area contributed by atoms with E-state index in [0.717, 1.165) is 23.1 Å². The van der Waals surface area contributed by atoms with Crippen LogP contribution < -0.4 is 5.32 Å². The molecule has 116 valence electrons. The Balaban J connectivity index is 2.63. The zero-order chi connectivity index (χ0) is 15.7. The van der Waals surface area contributed by atoms with Crippen LogP contribution in [-0.2, 0) is 16.1 Å². The van der Waals surface area contributed by atoms with E-state index in [0.29, 0.717) is 13.1 Å². The summed E-state index contributed by atoms with van der Waals surface area (Å²) in [5.41, 5.74) is 1.14. The Bertz CT molecular complexity index is 474. The third-order valence-corrected chi connectivity index (χ3v) is 3.09. The molecule has 0 aliphatic heterocycles.